The van der Waals surface area contributed by atoms with E-state index in [9.17, 15) is 0 Å². The molecule has 0 aliphatic rings. The van der Waals surface area contributed by atoms with Crippen molar-refractivity contribution in [1.29, 1.82) is 5.26 Å². The molecule has 1 heterocycles. The summed E-state index contributed by atoms with van der Waals surface area (Å²) in [6.45, 7) is 0.361. The van der Waals surface area contributed by atoms with E-state index >= 15 is 0 Å². The number of nitrogens with zero attached hydrogens (tertiary/aromatic N) is 2. The second-order valence-corrected chi connectivity index (χ2v) is 3.26. The first-order valence-electron chi connectivity index (χ1n) is 4.70. The molecule has 0 unspecified atom stereocenters. The number of nitrogens with one attached hydrogen (secondary N) is 1. The molecular formula is C11H10N4O. The highest BCUT2D eigenvalue weighted by Gasteiger charge is 2.00. The zero-order valence-electron chi connectivity index (χ0n) is 8.47. The monoisotopic (exact) mass is 214 g/mol. The van der Waals surface area contributed by atoms with E-state index in [0.717, 1.165) is 5.56 Å². The van der Waals surface area contributed by atoms with Crippen LogP contribution in [-0.2, 0) is 6.61 Å². The Labute approximate surface area is 92.5 Å². The molecule has 1 aromatic carbocycles. The van der Waals surface area contributed by atoms with Crippen molar-refractivity contribution in [3.05, 3.63) is 41.5 Å². The van der Waals surface area contributed by atoms with Crippen LogP contribution in [0.5, 0.6) is 5.88 Å². The lowest BCUT2D eigenvalue weighted by atomic mass is 10.1. The van der Waals surface area contributed by atoms with E-state index in [1.165, 1.54) is 0 Å². The molecular weight excluding hydrogens is 204 g/mol. The molecule has 2 rings (SSSR count). The number of nitriles is 1. The van der Waals surface area contributed by atoms with E-state index in [2.05, 4.69) is 16.3 Å². The van der Waals surface area contributed by atoms with Crippen molar-refractivity contribution >= 4 is 5.82 Å². The van der Waals surface area contributed by atoms with Crippen LogP contribution in [0.1, 0.15) is 11.1 Å². The average molecular weight is 214 g/mol. The highest BCUT2D eigenvalue weighted by molar-refractivity contribution is 5.34. The molecule has 0 amide bonds. The van der Waals surface area contributed by atoms with Crippen molar-refractivity contribution in [3.63, 3.8) is 0 Å². The summed E-state index contributed by atoms with van der Waals surface area (Å²) in [5, 5.41) is 15.1. The Morgan fingerprint density at radius 2 is 2.31 bits per heavy atom. The zero-order chi connectivity index (χ0) is 11.4. The van der Waals surface area contributed by atoms with Gasteiger partial charge in [0.2, 0.25) is 5.88 Å². The standard InChI is InChI=1S/C11H10N4O/c12-6-8-2-1-3-9(4-8)7-16-11-5-10(13)14-15-11/h1-5H,7H2,(H3,13,14,15). The first-order valence-corrected chi connectivity index (χ1v) is 4.70. The number of anilines is 1. The van der Waals surface area contributed by atoms with Crippen molar-refractivity contribution in [1.82, 2.24) is 10.2 Å². The second kappa shape index (κ2) is 4.36. The minimum absolute atomic E-state index is 0.361. The van der Waals surface area contributed by atoms with E-state index in [1.807, 2.05) is 12.1 Å². The van der Waals surface area contributed by atoms with Crippen LogP contribution in [0, 0.1) is 11.3 Å². The molecule has 0 fully saturated rings. The third-order valence-corrected chi connectivity index (χ3v) is 2.02. The molecule has 0 spiro atoms. The molecule has 0 radical (unpaired) electrons. The Bertz CT molecular complexity index is 527. The van der Waals surface area contributed by atoms with Gasteiger partial charge in [-0.15, -0.1) is 5.10 Å². The fraction of sp³-hybridized carbons (Fsp3) is 0.0909. The minimum atomic E-state index is 0.361. The molecule has 0 bridgehead atoms. The van der Waals surface area contributed by atoms with Gasteiger partial charge in [-0.25, -0.2) is 0 Å². The Morgan fingerprint density at radius 3 is 3.00 bits per heavy atom. The van der Waals surface area contributed by atoms with Crippen LogP contribution in [0.25, 0.3) is 0 Å². The number of nitrogens with two attached hydrogens (primary N) is 1. The summed E-state index contributed by atoms with van der Waals surface area (Å²) in [4.78, 5) is 0. The third kappa shape index (κ3) is 2.30. The summed E-state index contributed by atoms with van der Waals surface area (Å²) in [6.07, 6.45) is 0. The maximum absolute atomic E-state index is 8.73. The summed E-state index contributed by atoms with van der Waals surface area (Å²) in [5.41, 5.74) is 6.98. The smallest absolute Gasteiger partial charge is 0.235 e. The van der Waals surface area contributed by atoms with E-state index in [0.29, 0.717) is 23.9 Å². The topological polar surface area (TPSA) is 87.7 Å². The van der Waals surface area contributed by atoms with Gasteiger partial charge in [-0.2, -0.15) is 5.26 Å². The van der Waals surface area contributed by atoms with Crippen LogP contribution in [0.4, 0.5) is 5.82 Å². The lowest BCUT2D eigenvalue weighted by Crippen LogP contribution is -1.95. The maximum Gasteiger partial charge on any atom is 0.235 e. The Kier molecular flexibility index (Phi) is 2.74. The van der Waals surface area contributed by atoms with Crippen molar-refractivity contribution in [2.24, 2.45) is 0 Å². The molecule has 5 heteroatoms. The third-order valence-electron chi connectivity index (χ3n) is 2.02. The van der Waals surface area contributed by atoms with Gasteiger partial charge in [0.15, 0.2) is 0 Å². The van der Waals surface area contributed by atoms with Crippen LogP contribution >= 0.6 is 0 Å². The number of aromatic nitrogens is 2. The fourth-order valence-electron chi connectivity index (χ4n) is 1.28. The molecule has 0 atom stereocenters. The molecule has 0 aliphatic heterocycles. The van der Waals surface area contributed by atoms with E-state index in [1.54, 1.807) is 18.2 Å². The van der Waals surface area contributed by atoms with Gasteiger partial charge in [-0.1, -0.05) is 12.1 Å². The van der Waals surface area contributed by atoms with Crippen molar-refractivity contribution in [2.75, 3.05) is 5.73 Å². The number of ether oxygens (including phenoxy) is 1. The number of H-pyrrole nitrogens is 1. The van der Waals surface area contributed by atoms with Crippen molar-refractivity contribution < 1.29 is 4.74 Å². The van der Waals surface area contributed by atoms with E-state index in [-0.39, 0.29) is 0 Å². The molecule has 3 N–H and O–H groups in total. The Balaban J connectivity index is 2.02. The molecule has 5 nitrogen and oxygen atoms in total. The summed E-state index contributed by atoms with van der Waals surface area (Å²) >= 11 is 0. The SMILES string of the molecule is N#Cc1cccc(COc2cc(N)[nH]n2)c1. The summed E-state index contributed by atoms with van der Waals surface area (Å²) < 4.78 is 5.38. The van der Waals surface area contributed by atoms with Gasteiger partial charge in [0, 0.05) is 6.07 Å². The lowest BCUT2D eigenvalue weighted by Gasteiger charge is -2.02. The molecule has 1 aromatic heterocycles. The van der Waals surface area contributed by atoms with Gasteiger partial charge in [0.25, 0.3) is 0 Å². The first kappa shape index (κ1) is 10.1. The predicted molar refractivity (Wildman–Crippen MR) is 58.5 cm³/mol. The van der Waals surface area contributed by atoms with E-state index < -0.39 is 0 Å². The van der Waals surface area contributed by atoms with Crippen molar-refractivity contribution in [2.45, 2.75) is 6.61 Å². The number of hydrogen-bond acceptors (Lipinski definition) is 4. The highest BCUT2D eigenvalue weighted by atomic mass is 16.5. The fourth-order valence-corrected chi connectivity index (χ4v) is 1.28. The summed E-state index contributed by atoms with van der Waals surface area (Å²) in [5.74, 6) is 0.903. The first-order chi connectivity index (χ1) is 7.78. The Hall–Kier alpha value is -2.48. The molecule has 0 saturated carbocycles. The molecule has 0 aliphatic carbocycles. The number of rotatable bonds is 3. The van der Waals surface area contributed by atoms with Gasteiger partial charge in [0.05, 0.1) is 11.6 Å². The zero-order valence-corrected chi connectivity index (χ0v) is 8.47. The van der Waals surface area contributed by atoms with Crippen molar-refractivity contribution in [3.8, 4) is 11.9 Å². The van der Waals surface area contributed by atoms with Gasteiger partial charge in [-0.05, 0) is 17.7 Å². The molecule has 80 valence electrons. The average Bonchev–Trinajstić information content (AvgIpc) is 2.73. The second-order valence-electron chi connectivity index (χ2n) is 3.26. The van der Waals surface area contributed by atoms with Gasteiger partial charge in [-0.3, -0.25) is 5.10 Å². The van der Waals surface area contributed by atoms with E-state index in [4.69, 9.17) is 15.7 Å². The largest absolute Gasteiger partial charge is 0.472 e. The van der Waals surface area contributed by atoms with Gasteiger partial charge < -0.3 is 10.5 Å². The minimum Gasteiger partial charge on any atom is -0.472 e. The van der Waals surface area contributed by atoms with Crippen LogP contribution in [0.3, 0.4) is 0 Å². The molecule has 16 heavy (non-hydrogen) atoms. The molecule has 2 aromatic rings. The Morgan fingerprint density at radius 1 is 1.44 bits per heavy atom. The number of nitrogen functional groups attached to an aromatic ring is 1. The van der Waals surface area contributed by atoms with Crippen LogP contribution < -0.4 is 10.5 Å². The highest BCUT2D eigenvalue weighted by Crippen LogP contribution is 2.12. The van der Waals surface area contributed by atoms with Gasteiger partial charge in [0.1, 0.15) is 12.4 Å². The normalized spacial score (nSPS) is 9.69. The summed E-state index contributed by atoms with van der Waals surface area (Å²) in [6, 6.07) is 10.9. The molecule has 0 saturated heterocycles. The van der Waals surface area contributed by atoms with Crippen LogP contribution in [0.2, 0.25) is 0 Å². The lowest BCUT2D eigenvalue weighted by molar-refractivity contribution is 0.293. The van der Waals surface area contributed by atoms with Crippen LogP contribution in [-0.4, -0.2) is 10.2 Å². The number of hydrogen-bond donors (Lipinski definition) is 2. The quantitative estimate of drug-likeness (QED) is 0.809. The summed E-state index contributed by atoms with van der Waals surface area (Å²) in [7, 11) is 0. The van der Waals surface area contributed by atoms with Gasteiger partial charge >= 0.3 is 0 Å². The number of benzene rings is 1. The van der Waals surface area contributed by atoms with Crippen LogP contribution in [0.15, 0.2) is 30.3 Å². The maximum atomic E-state index is 8.73. The predicted octanol–water partition coefficient (Wildman–Crippen LogP) is 1.44. The number of aromatic amines is 1.